The molecule has 0 heterocycles. The molecule has 1 N–H and O–H groups in total. The Kier molecular flexibility index (Phi) is 1.51. The van der Waals surface area contributed by atoms with Crippen LogP contribution in [0.2, 0.25) is 0 Å². The molecule has 2 aliphatic rings. The van der Waals surface area contributed by atoms with Gasteiger partial charge in [0.15, 0.2) is 0 Å². The summed E-state index contributed by atoms with van der Waals surface area (Å²) in [5.41, 5.74) is 0.148. The smallest absolute Gasteiger partial charge is 0.309 e. The van der Waals surface area contributed by atoms with Gasteiger partial charge in [0.1, 0.15) is 0 Å². The van der Waals surface area contributed by atoms with Crippen LogP contribution in [0.3, 0.4) is 0 Å². The summed E-state index contributed by atoms with van der Waals surface area (Å²) in [6.45, 7) is 2.00. The third-order valence-electron chi connectivity index (χ3n) is 3.97. The van der Waals surface area contributed by atoms with E-state index < -0.39 is 5.97 Å². The number of hydrogen-bond donors (Lipinski definition) is 1. The van der Waals surface area contributed by atoms with E-state index in [9.17, 15) is 4.79 Å². The Labute approximate surface area is 73.0 Å². The highest BCUT2D eigenvalue weighted by Crippen LogP contribution is 2.65. The largest absolute Gasteiger partial charge is 0.481 e. The average molecular weight is 168 g/mol. The van der Waals surface area contributed by atoms with Crippen LogP contribution in [0, 0.1) is 10.8 Å². The fourth-order valence-electron chi connectivity index (χ4n) is 2.97. The van der Waals surface area contributed by atoms with Gasteiger partial charge in [-0.05, 0) is 37.5 Å². The fourth-order valence-corrected chi connectivity index (χ4v) is 2.97. The molecule has 0 aromatic carbocycles. The quantitative estimate of drug-likeness (QED) is 0.687. The van der Waals surface area contributed by atoms with Gasteiger partial charge in [0.2, 0.25) is 0 Å². The molecule has 68 valence electrons. The van der Waals surface area contributed by atoms with Gasteiger partial charge in [-0.3, -0.25) is 4.79 Å². The molecule has 12 heavy (non-hydrogen) atoms. The number of carboxylic acids is 1. The van der Waals surface area contributed by atoms with Gasteiger partial charge in [0, 0.05) is 0 Å². The van der Waals surface area contributed by atoms with E-state index in [-0.39, 0.29) is 5.41 Å². The van der Waals surface area contributed by atoms with Gasteiger partial charge in [-0.1, -0.05) is 13.3 Å². The molecule has 0 amide bonds. The van der Waals surface area contributed by atoms with Crippen LogP contribution in [-0.4, -0.2) is 11.1 Å². The van der Waals surface area contributed by atoms with Crippen molar-refractivity contribution in [2.75, 3.05) is 0 Å². The Bertz CT molecular complexity index is 208. The van der Waals surface area contributed by atoms with E-state index in [2.05, 4.69) is 0 Å². The van der Waals surface area contributed by atoms with Crippen molar-refractivity contribution >= 4 is 5.97 Å². The lowest BCUT2D eigenvalue weighted by Crippen LogP contribution is -2.54. The molecule has 2 fully saturated rings. The normalized spacial score (nSPS) is 29.1. The van der Waals surface area contributed by atoms with Gasteiger partial charge >= 0.3 is 5.97 Å². The highest BCUT2D eigenvalue weighted by atomic mass is 16.4. The van der Waals surface area contributed by atoms with Crippen LogP contribution in [0.15, 0.2) is 0 Å². The summed E-state index contributed by atoms with van der Waals surface area (Å²) in [5, 5.41) is 9.04. The lowest BCUT2D eigenvalue weighted by atomic mass is 9.44. The second-order valence-corrected chi connectivity index (χ2v) is 4.65. The van der Waals surface area contributed by atoms with E-state index in [1.54, 1.807) is 0 Å². The van der Waals surface area contributed by atoms with E-state index in [4.69, 9.17) is 5.11 Å². The van der Waals surface area contributed by atoms with Gasteiger partial charge in [0.25, 0.3) is 0 Å². The maximum atomic E-state index is 11.0. The van der Waals surface area contributed by atoms with Crippen LogP contribution in [0.1, 0.15) is 45.4 Å². The van der Waals surface area contributed by atoms with E-state index in [0.717, 1.165) is 19.3 Å². The second-order valence-electron chi connectivity index (χ2n) is 4.65. The minimum Gasteiger partial charge on any atom is -0.481 e. The van der Waals surface area contributed by atoms with Gasteiger partial charge in [-0.2, -0.15) is 0 Å². The molecule has 0 unspecified atom stereocenters. The first-order valence-electron chi connectivity index (χ1n) is 4.86. The molecular weight excluding hydrogens is 152 g/mol. The molecule has 0 aromatic heterocycles. The predicted octanol–water partition coefficient (Wildman–Crippen LogP) is 2.43. The molecular formula is C10H16O2. The molecule has 0 aromatic rings. The molecule has 1 spiro atoms. The van der Waals surface area contributed by atoms with Gasteiger partial charge in [-0.25, -0.2) is 0 Å². The third-order valence-corrected chi connectivity index (χ3v) is 3.97. The van der Waals surface area contributed by atoms with Crippen molar-refractivity contribution in [1.82, 2.24) is 0 Å². The lowest BCUT2D eigenvalue weighted by molar-refractivity contribution is -0.175. The Morgan fingerprint density at radius 3 is 2.25 bits per heavy atom. The first-order chi connectivity index (χ1) is 5.63. The number of carbonyl (C=O) groups is 1. The summed E-state index contributed by atoms with van der Waals surface area (Å²) in [6, 6.07) is 0. The van der Waals surface area contributed by atoms with Crippen LogP contribution in [0.25, 0.3) is 0 Å². The molecule has 0 radical (unpaired) electrons. The van der Waals surface area contributed by atoms with E-state index in [0.29, 0.717) is 5.41 Å². The van der Waals surface area contributed by atoms with Crippen molar-refractivity contribution in [3.05, 3.63) is 0 Å². The first-order valence-corrected chi connectivity index (χ1v) is 4.86. The van der Waals surface area contributed by atoms with Crippen molar-refractivity contribution in [2.24, 2.45) is 10.8 Å². The zero-order valence-electron chi connectivity index (χ0n) is 7.60. The van der Waals surface area contributed by atoms with Gasteiger partial charge in [0.05, 0.1) is 5.41 Å². The molecule has 2 heteroatoms. The predicted molar refractivity (Wildman–Crippen MR) is 45.9 cm³/mol. The zero-order chi connectivity index (χ0) is 8.82. The Morgan fingerprint density at radius 2 is 2.00 bits per heavy atom. The summed E-state index contributed by atoms with van der Waals surface area (Å²) < 4.78 is 0. The summed E-state index contributed by atoms with van der Waals surface area (Å²) in [6.07, 6.45) is 6.59. The molecule has 2 aliphatic carbocycles. The fraction of sp³-hybridized carbons (Fsp3) is 0.900. The maximum Gasteiger partial charge on any atom is 0.309 e. The molecule has 2 nitrogen and oxygen atoms in total. The molecule has 0 bridgehead atoms. The first kappa shape index (κ1) is 8.09. The highest BCUT2D eigenvalue weighted by Gasteiger charge is 2.59. The zero-order valence-corrected chi connectivity index (χ0v) is 7.60. The summed E-state index contributed by atoms with van der Waals surface area (Å²) in [4.78, 5) is 11.0. The van der Waals surface area contributed by atoms with Crippen molar-refractivity contribution in [1.29, 1.82) is 0 Å². The minimum absolute atomic E-state index is 0.333. The van der Waals surface area contributed by atoms with E-state index in [1.807, 2.05) is 6.92 Å². The monoisotopic (exact) mass is 168 g/mol. The van der Waals surface area contributed by atoms with Crippen LogP contribution >= 0.6 is 0 Å². The second kappa shape index (κ2) is 2.24. The average Bonchev–Trinajstić information content (AvgIpc) is 1.82. The lowest BCUT2D eigenvalue weighted by Gasteiger charge is -2.59. The van der Waals surface area contributed by atoms with E-state index >= 15 is 0 Å². The number of hydrogen-bond acceptors (Lipinski definition) is 1. The molecule has 0 saturated heterocycles. The van der Waals surface area contributed by atoms with Gasteiger partial charge in [-0.15, -0.1) is 0 Å². The molecule has 2 saturated carbocycles. The number of carboxylic acid groups (broad SMARTS) is 1. The van der Waals surface area contributed by atoms with Crippen molar-refractivity contribution < 1.29 is 9.90 Å². The summed E-state index contributed by atoms with van der Waals surface area (Å²) in [5.74, 6) is -0.567. The molecule has 0 aliphatic heterocycles. The number of aliphatic carboxylic acids is 1. The molecule has 2 rings (SSSR count). The minimum atomic E-state index is -0.567. The summed E-state index contributed by atoms with van der Waals surface area (Å²) in [7, 11) is 0. The van der Waals surface area contributed by atoms with Crippen LogP contribution in [-0.2, 0) is 4.79 Å². The highest BCUT2D eigenvalue weighted by molar-refractivity contribution is 5.76. The molecule has 0 atom stereocenters. The van der Waals surface area contributed by atoms with E-state index in [1.165, 1.54) is 19.3 Å². The van der Waals surface area contributed by atoms with Crippen LogP contribution < -0.4 is 0 Å². The standard InChI is InChI=1S/C10H16O2/c1-2-10(8(11)12)6-9(7-10)4-3-5-9/h2-7H2,1H3,(H,11,12). The Balaban J connectivity index is 2.03. The summed E-state index contributed by atoms with van der Waals surface area (Å²) >= 11 is 0. The Morgan fingerprint density at radius 1 is 1.42 bits per heavy atom. The number of rotatable bonds is 2. The van der Waals surface area contributed by atoms with Crippen molar-refractivity contribution in [3.8, 4) is 0 Å². The Hall–Kier alpha value is -0.530. The SMILES string of the molecule is CCC1(C(=O)O)CC2(CCC2)C1. The maximum absolute atomic E-state index is 11.0. The third kappa shape index (κ3) is 0.838. The van der Waals surface area contributed by atoms with Crippen molar-refractivity contribution in [3.63, 3.8) is 0 Å². The van der Waals surface area contributed by atoms with Gasteiger partial charge < -0.3 is 5.11 Å². The van der Waals surface area contributed by atoms with Crippen LogP contribution in [0.4, 0.5) is 0 Å². The van der Waals surface area contributed by atoms with Crippen LogP contribution in [0.5, 0.6) is 0 Å². The topological polar surface area (TPSA) is 37.3 Å². The van der Waals surface area contributed by atoms with Crippen molar-refractivity contribution in [2.45, 2.75) is 45.4 Å².